The van der Waals surface area contributed by atoms with Gasteiger partial charge in [0.15, 0.2) is 0 Å². The Kier molecular flexibility index (Phi) is 4.39. The van der Waals surface area contributed by atoms with Crippen molar-refractivity contribution < 1.29 is 20.1 Å². The zero-order valence-corrected chi connectivity index (χ0v) is 11.1. The summed E-state index contributed by atoms with van der Waals surface area (Å²) in [4.78, 5) is 36.1. The Hall–Kier alpha value is -2.19. The molecule has 1 aromatic rings. The standard InChI is InChI=1S/C13H16N2O6/c16-6-8-3-9(4-10(8)17)15-5-7(1-2-11(18)19)12(20)14-13(15)21/h1-2,5,8-10,16-17H,3-4,6H2,(H,18,19)(H,14,20,21)/t8-,9?,10+/m1/s1. The lowest BCUT2D eigenvalue weighted by molar-refractivity contribution is -0.131. The van der Waals surface area contributed by atoms with Crippen LogP contribution in [0, 0.1) is 5.92 Å². The van der Waals surface area contributed by atoms with Gasteiger partial charge in [-0.2, -0.15) is 0 Å². The highest BCUT2D eigenvalue weighted by atomic mass is 16.4. The van der Waals surface area contributed by atoms with Gasteiger partial charge in [-0.15, -0.1) is 0 Å². The van der Waals surface area contributed by atoms with Gasteiger partial charge in [-0.25, -0.2) is 9.59 Å². The first-order valence-electron chi connectivity index (χ1n) is 6.47. The van der Waals surface area contributed by atoms with Crippen molar-refractivity contribution >= 4 is 12.0 Å². The number of carboxylic acid groups (broad SMARTS) is 1. The molecule has 1 aliphatic rings. The maximum Gasteiger partial charge on any atom is 0.328 e. The van der Waals surface area contributed by atoms with Crippen LogP contribution < -0.4 is 11.2 Å². The fourth-order valence-electron chi connectivity index (χ4n) is 2.55. The number of aliphatic hydroxyl groups excluding tert-OH is 2. The van der Waals surface area contributed by atoms with E-state index >= 15 is 0 Å². The first-order valence-corrected chi connectivity index (χ1v) is 6.47. The second-order valence-electron chi connectivity index (χ2n) is 5.06. The van der Waals surface area contributed by atoms with Crippen molar-refractivity contribution in [3.05, 3.63) is 38.7 Å². The van der Waals surface area contributed by atoms with Crippen molar-refractivity contribution in [2.24, 2.45) is 5.92 Å². The number of H-pyrrole nitrogens is 1. The third-order valence-electron chi connectivity index (χ3n) is 3.66. The van der Waals surface area contributed by atoms with Gasteiger partial charge in [-0.1, -0.05) is 0 Å². The third kappa shape index (κ3) is 3.29. The fraction of sp³-hybridized carbons (Fsp3) is 0.462. The van der Waals surface area contributed by atoms with Crippen molar-refractivity contribution in [2.45, 2.75) is 25.0 Å². The van der Waals surface area contributed by atoms with E-state index in [0.29, 0.717) is 12.8 Å². The van der Waals surface area contributed by atoms with E-state index in [0.717, 1.165) is 12.2 Å². The van der Waals surface area contributed by atoms with E-state index in [-0.39, 0.29) is 24.1 Å². The maximum atomic E-state index is 11.8. The minimum absolute atomic E-state index is 0.0407. The minimum atomic E-state index is -1.20. The molecule has 21 heavy (non-hydrogen) atoms. The lowest BCUT2D eigenvalue weighted by Gasteiger charge is -2.13. The Bertz CT molecular complexity index is 674. The van der Waals surface area contributed by atoms with Crippen molar-refractivity contribution in [1.82, 2.24) is 9.55 Å². The van der Waals surface area contributed by atoms with Crippen molar-refractivity contribution in [1.29, 1.82) is 0 Å². The molecule has 1 fully saturated rings. The molecule has 0 bridgehead atoms. The zero-order chi connectivity index (χ0) is 15.6. The van der Waals surface area contributed by atoms with E-state index in [1.165, 1.54) is 10.8 Å². The summed E-state index contributed by atoms with van der Waals surface area (Å²) in [5, 5.41) is 27.5. The van der Waals surface area contributed by atoms with E-state index in [1.54, 1.807) is 0 Å². The summed E-state index contributed by atoms with van der Waals surface area (Å²) in [6.07, 6.45) is 3.17. The second kappa shape index (κ2) is 6.06. The molecular weight excluding hydrogens is 280 g/mol. The average molecular weight is 296 g/mol. The lowest BCUT2D eigenvalue weighted by atomic mass is 10.1. The molecule has 2 rings (SSSR count). The van der Waals surface area contributed by atoms with Crippen LogP contribution in [-0.2, 0) is 4.79 Å². The van der Waals surface area contributed by atoms with Crippen LogP contribution in [-0.4, -0.2) is 43.6 Å². The number of aliphatic hydroxyl groups is 2. The summed E-state index contributed by atoms with van der Waals surface area (Å²) in [7, 11) is 0. The Morgan fingerprint density at radius 3 is 2.71 bits per heavy atom. The first kappa shape index (κ1) is 15.2. The molecule has 3 atom stereocenters. The molecule has 0 radical (unpaired) electrons. The molecule has 0 aromatic carbocycles. The van der Waals surface area contributed by atoms with Crippen LogP contribution in [0.15, 0.2) is 21.9 Å². The highest BCUT2D eigenvalue weighted by Gasteiger charge is 2.34. The number of carboxylic acids is 1. The fourth-order valence-corrected chi connectivity index (χ4v) is 2.55. The van der Waals surface area contributed by atoms with Crippen molar-refractivity contribution in [3.63, 3.8) is 0 Å². The average Bonchev–Trinajstić information content (AvgIpc) is 2.78. The van der Waals surface area contributed by atoms with Gasteiger partial charge in [0.2, 0.25) is 0 Å². The molecule has 0 amide bonds. The minimum Gasteiger partial charge on any atom is -0.478 e. The van der Waals surface area contributed by atoms with Gasteiger partial charge in [-0.05, 0) is 18.9 Å². The summed E-state index contributed by atoms with van der Waals surface area (Å²) in [6, 6.07) is -0.349. The molecule has 8 heteroatoms. The second-order valence-corrected chi connectivity index (χ2v) is 5.06. The molecule has 0 saturated heterocycles. The summed E-state index contributed by atoms with van der Waals surface area (Å²) in [5.41, 5.74) is -1.26. The van der Waals surface area contributed by atoms with Crippen molar-refractivity contribution in [3.8, 4) is 0 Å². The van der Waals surface area contributed by atoms with Crippen molar-refractivity contribution in [2.75, 3.05) is 6.61 Å². The summed E-state index contributed by atoms with van der Waals surface area (Å²) >= 11 is 0. The highest BCUT2D eigenvalue weighted by Crippen LogP contribution is 2.33. The molecule has 1 saturated carbocycles. The van der Waals surface area contributed by atoms with Gasteiger partial charge < -0.3 is 15.3 Å². The number of aromatic amines is 1. The quantitative estimate of drug-likeness (QED) is 0.523. The summed E-state index contributed by atoms with van der Waals surface area (Å²) in [6.45, 7) is -0.179. The van der Waals surface area contributed by atoms with E-state index in [1.807, 2.05) is 0 Å². The molecule has 8 nitrogen and oxygen atoms in total. The van der Waals surface area contributed by atoms with Gasteiger partial charge in [0, 0.05) is 30.8 Å². The van der Waals surface area contributed by atoms with Gasteiger partial charge in [0.25, 0.3) is 5.56 Å². The smallest absolute Gasteiger partial charge is 0.328 e. The van der Waals surface area contributed by atoms with Crippen LogP contribution >= 0.6 is 0 Å². The van der Waals surface area contributed by atoms with E-state index in [4.69, 9.17) is 10.2 Å². The molecule has 1 aliphatic carbocycles. The normalized spacial score (nSPS) is 25.5. The van der Waals surface area contributed by atoms with Crippen LogP contribution in [0.1, 0.15) is 24.4 Å². The highest BCUT2D eigenvalue weighted by molar-refractivity contribution is 5.85. The zero-order valence-electron chi connectivity index (χ0n) is 11.1. The van der Waals surface area contributed by atoms with Crippen LogP contribution in [0.5, 0.6) is 0 Å². The van der Waals surface area contributed by atoms with Crippen LogP contribution in [0.4, 0.5) is 0 Å². The Morgan fingerprint density at radius 2 is 2.14 bits per heavy atom. The SMILES string of the molecule is O=C(O)C=Cc1cn(C2C[C@H](CO)[C@@H](O)C2)c(=O)[nH]c1=O. The van der Waals surface area contributed by atoms with Gasteiger partial charge in [-0.3, -0.25) is 14.3 Å². The molecule has 1 unspecified atom stereocenters. The van der Waals surface area contributed by atoms with Gasteiger partial charge >= 0.3 is 11.7 Å². The number of nitrogens with zero attached hydrogens (tertiary/aromatic N) is 1. The van der Waals surface area contributed by atoms with E-state index in [9.17, 15) is 19.5 Å². The summed E-state index contributed by atoms with van der Waals surface area (Å²) in [5.74, 6) is -1.52. The van der Waals surface area contributed by atoms with Crippen LogP contribution in [0.3, 0.4) is 0 Å². The lowest BCUT2D eigenvalue weighted by Crippen LogP contribution is -2.32. The first-order chi connectivity index (χ1) is 9.92. The molecule has 1 aromatic heterocycles. The number of hydrogen-bond acceptors (Lipinski definition) is 5. The molecule has 0 aliphatic heterocycles. The predicted octanol–water partition coefficient (Wildman–Crippen LogP) is -1.06. The van der Waals surface area contributed by atoms with Gasteiger partial charge in [0.1, 0.15) is 0 Å². The number of aliphatic carboxylic acids is 1. The number of aromatic nitrogens is 2. The Balaban J connectivity index is 2.37. The molecule has 114 valence electrons. The van der Waals surface area contributed by atoms with Crippen LogP contribution in [0.25, 0.3) is 6.08 Å². The van der Waals surface area contributed by atoms with Crippen LogP contribution in [0.2, 0.25) is 0 Å². The predicted molar refractivity (Wildman–Crippen MR) is 72.8 cm³/mol. The Morgan fingerprint density at radius 1 is 1.43 bits per heavy atom. The number of rotatable bonds is 4. The maximum absolute atomic E-state index is 11.8. The molecule has 4 N–H and O–H groups in total. The molecular formula is C13H16N2O6. The topological polar surface area (TPSA) is 133 Å². The number of carbonyl (C=O) groups is 1. The summed E-state index contributed by atoms with van der Waals surface area (Å²) < 4.78 is 1.27. The third-order valence-corrected chi connectivity index (χ3v) is 3.66. The molecule has 0 spiro atoms. The monoisotopic (exact) mass is 296 g/mol. The number of nitrogens with one attached hydrogen (secondary N) is 1. The van der Waals surface area contributed by atoms with E-state index in [2.05, 4.69) is 4.98 Å². The van der Waals surface area contributed by atoms with Gasteiger partial charge in [0.05, 0.1) is 11.7 Å². The Labute approximate surface area is 119 Å². The molecule has 1 heterocycles. The van der Waals surface area contributed by atoms with E-state index < -0.39 is 23.3 Å². The largest absolute Gasteiger partial charge is 0.478 e. The number of hydrogen-bond donors (Lipinski definition) is 4.